The standard InChI is InChI=1S/C14H20BrFN2O2/c1-20-13-9-10(8-11(15)14(13)19)12(2-3-16)18-6-4-17-5-7-18/h8-9,12,17,19H,2-7H2,1H3/t12-/m1/s1. The Morgan fingerprint density at radius 1 is 1.45 bits per heavy atom. The van der Waals surface area contributed by atoms with Gasteiger partial charge in [-0.25, -0.2) is 0 Å². The number of rotatable bonds is 5. The zero-order chi connectivity index (χ0) is 14.5. The lowest BCUT2D eigenvalue weighted by Gasteiger charge is -2.35. The summed E-state index contributed by atoms with van der Waals surface area (Å²) in [7, 11) is 1.51. The van der Waals surface area contributed by atoms with Crippen molar-refractivity contribution in [1.29, 1.82) is 0 Å². The predicted molar refractivity (Wildman–Crippen MR) is 80.1 cm³/mol. The van der Waals surface area contributed by atoms with Gasteiger partial charge < -0.3 is 15.2 Å². The van der Waals surface area contributed by atoms with E-state index in [0.717, 1.165) is 31.7 Å². The van der Waals surface area contributed by atoms with E-state index in [2.05, 4.69) is 26.1 Å². The zero-order valence-corrected chi connectivity index (χ0v) is 13.1. The van der Waals surface area contributed by atoms with Crippen LogP contribution in [0.2, 0.25) is 0 Å². The molecule has 0 radical (unpaired) electrons. The Kier molecular flexibility index (Phi) is 5.63. The molecule has 0 bridgehead atoms. The smallest absolute Gasteiger partial charge is 0.172 e. The number of alkyl halides is 1. The number of nitrogens with zero attached hydrogens (tertiary/aromatic N) is 1. The molecule has 1 heterocycles. The highest BCUT2D eigenvalue weighted by atomic mass is 79.9. The van der Waals surface area contributed by atoms with E-state index in [9.17, 15) is 9.50 Å². The minimum atomic E-state index is -0.366. The molecule has 1 fully saturated rings. The Hall–Kier alpha value is -0.850. The van der Waals surface area contributed by atoms with Crippen LogP contribution in [-0.4, -0.2) is 50.0 Å². The van der Waals surface area contributed by atoms with Gasteiger partial charge in [-0.1, -0.05) is 0 Å². The van der Waals surface area contributed by atoms with E-state index < -0.39 is 0 Å². The van der Waals surface area contributed by atoms with Gasteiger partial charge in [-0.05, 0) is 40.0 Å². The van der Waals surface area contributed by atoms with Crippen LogP contribution in [0.25, 0.3) is 0 Å². The summed E-state index contributed by atoms with van der Waals surface area (Å²) in [5.74, 6) is 0.490. The van der Waals surface area contributed by atoms with Crippen molar-refractivity contribution >= 4 is 15.9 Å². The van der Waals surface area contributed by atoms with Crippen molar-refractivity contribution in [2.24, 2.45) is 0 Å². The minimum absolute atomic E-state index is 0.00731. The molecule has 2 rings (SSSR count). The summed E-state index contributed by atoms with van der Waals surface area (Å²) in [5, 5.41) is 13.2. The van der Waals surface area contributed by atoms with Crippen molar-refractivity contribution in [2.45, 2.75) is 12.5 Å². The second kappa shape index (κ2) is 7.24. The molecule has 1 aromatic carbocycles. The number of phenols is 1. The Morgan fingerprint density at radius 2 is 2.15 bits per heavy atom. The number of aromatic hydroxyl groups is 1. The number of ether oxygens (including phenoxy) is 1. The van der Waals surface area contributed by atoms with Crippen molar-refractivity contribution in [3.05, 3.63) is 22.2 Å². The molecule has 112 valence electrons. The molecule has 0 spiro atoms. The van der Waals surface area contributed by atoms with Crippen LogP contribution >= 0.6 is 15.9 Å². The van der Waals surface area contributed by atoms with E-state index in [1.807, 2.05) is 6.07 Å². The quantitative estimate of drug-likeness (QED) is 0.859. The highest BCUT2D eigenvalue weighted by Crippen LogP contribution is 2.38. The lowest BCUT2D eigenvalue weighted by molar-refractivity contribution is 0.157. The molecule has 0 aromatic heterocycles. The third-order valence-electron chi connectivity index (χ3n) is 3.63. The molecule has 4 nitrogen and oxygen atoms in total. The van der Waals surface area contributed by atoms with Crippen LogP contribution < -0.4 is 10.1 Å². The van der Waals surface area contributed by atoms with Crippen LogP contribution in [0.3, 0.4) is 0 Å². The van der Waals surface area contributed by atoms with Gasteiger partial charge in [0.05, 0.1) is 18.3 Å². The largest absolute Gasteiger partial charge is 0.503 e. The first-order chi connectivity index (χ1) is 9.67. The van der Waals surface area contributed by atoms with Crippen LogP contribution in [0.4, 0.5) is 4.39 Å². The molecule has 0 aliphatic carbocycles. The zero-order valence-electron chi connectivity index (χ0n) is 11.5. The summed E-state index contributed by atoms with van der Waals surface area (Å²) in [5.41, 5.74) is 0.964. The molecule has 0 amide bonds. The highest BCUT2D eigenvalue weighted by Gasteiger charge is 2.23. The van der Waals surface area contributed by atoms with Gasteiger partial charge in [0.1, 0.15) is 0 Å². The van der Waals surface area contributed by atoms with Gasteiger partial charge >= 0.3 is 0 Å². The molecule has 1 aromatic rings. The van der Waals surface area contributed by atoms with E-state index in [-0.39, 0.29) is 18.5 Å². The van der Waals surface area contributed by atoms with Crippen molar-refractivity contribution < 1.29 is 14.2 Å². The maximum atomic E-state index is 12.9. The Labute approximate surface area is 127 Å². The number of benzene rings is 1. The molecule has 1 aliphatic heterocycles. The SMILES string of the molecule is COc1cc([C@@H](CCF)N2CCNCC2)cc(Br)c1O. The Morgan fingerprint density at radius 3 is 2.75 bits per heavy atom. The van der Waals surface area contributed by atoms with Gasteiger partial charge in [-0.3, -0.25) is 9.29 Å². The Bertz CT molecular complexity index is 453. The minimum Gasteiger partial charge on any atom is -0.503 e. The van der Waals surface area contributed by atoms with E-state index in [1.165, 1.54) is 7.11 Å². The average molecular weight is 347 g/mol. The first-order valence-electron chi connectivity index (χ1n) is 6.74. The first kappa shape index (κ1) is 15.5. The fourth-order valence-corrected chi connectivity index (χ4v) is 3.06. The second-order valence-electron chi connectivity index (χ2n) is 4.83. The number of halogens is 2. The molecule has 1 atom stereocenters. The van der Waals surface area contributed by atoms with Crippen LogP contribution in [0.1, 0.15) is 18.0 Å². The second-order valence-corrected chi connectivity index (χ2v) is 5.69. The number of hydrogen-bond donors (Lipinski definition) is 2. The van der Waals surface area contributed by atoms with Gasteiger partial charge in [0.2, 0.25) is 0 Å². The van der Waals surface area contributed by atoms with Crippen LogP contribution in [-0.2, 0) is 0 Å². The fraction of sp³-hybridized carbons (Fsp3) is 0.571. The number of nitrogens with one attached hydrogen (secondary N) is 1. The third kappa shape index (κ3) is 3.42. The number of methoxy groups -OCH3 is 1. The average Bonchev–Trinajstić information content (AvgIpc) is 2.48. The van der Waals surface area contributed by atoms with E-state index in [0.29, 0.717) is 16.6 Å². The summed E-state index contributed by atoms with van der Waals surface area (Å²) in [4.78, 5) is 2.27. The summed E-state index contributed by atoms with van der Waals surface area (Å²) >= 11 is 3.33. The summed E-state index contributed by atoms with van der Waals surface area (Å²) in [6.45, 7) is 3.25. The molecular formula is C14H20BrFN2O2. The van der Waals surface area contributed by atoms with E-state index in [1.54, 1.807) is 6.07 Å². The van der Waals surface area contributed by atoms with E-state index in [4.69, 9.17) is 4.74 Å². The summed E-state index contributed by atoms with van der Waals surface area (Å²) in [6.07, 6.45) is 0.445. The summed E-state index contributed by atoms with van der Waals surface area (Å²) < 4.78 is 18.7. The van der Waals surface area contributed by atoms with Crippen LogP contribution in [0.15, 0.2) is 16.6 Å². The predicted octanol–water partition coefficient (Wildman–Crippen LogP) is 2.47. The number of phenolic OH excluding ortho intramolecular Hbond substituents is 1. The van der Waals surface area contributed by atoms with Crippen molar-refractivity contribution in [3.63, 3.8) is 0 Å². The lowest BCUT2D eigenvalue weighted by atomic mass is 10.0. The molecule has 6 heteroatoms. The molecular weight excluding hydrogens is 327 g/mol. The van der Waals surface area contributed by atoms with Crippen LogP contribution in [0.5, 0.6) is 11.5 Å². The molecule has 0 unspecified atom stereocenters. The van der Waals surface area contributed by atoms with Crippen molar-refractivity contribution in [1.82, 2.24) is 10.2 Å². The van der Waals surface area contributed by atoms with Gasteiger partial charge in [0, 0.05) is 32.2 Å². The number of piperazine rings is 1. The van der Waals surface area contributed by atoms with Gasteiger partial charge in [-0.15, -0.1) is 0 Å². The Balaban J connectivity index is 2.30. The first-order valence-corrected chi connectivity index (χ1v) is 7.53. The van der Waals surface area contributed by atoms with Gasteiger partial charge in [-0.2, -0.15) is 0 Å². The van der Waals surface area contributed by atoms with Crippen LogP contribution in [0, 0.1) is 0 Å². The van der Waals surface area contributed by atoms with E-state index >= 15 is 0 Å². The molecule has 20 heavy (non-hydrogen) atoms. The third-order valence-corrected chi connectivity index (χ3v) is 4.23. The topological polar surface area (TPSA) is 44.7 Å². The lowest BCUT2D eigenvalue weighted by Crippen LogP contribution is -2.45. The van der Waals surface area contributed by atoms with Gasteiger partial charge in [0.15, 0.2) is 11.5 Å². The maximum Gasteiger partial charge on any atom is 0.172 e. The van der Waals surface area contributed by atoms with Crippen molar-refractivity contribution in [3.8, 4) is 11.5 Å². The fourth-order valence-electron chi connectivity index (χ4n) is 2.60. The van der Waals surface area contributed by atoms with Crippen molar-refractivity contribution in [2.75, 3.05) is 40.0 Å². The van der Waals surface area contributed by atoms with Gasteiger partial charge in [0.25, 0.3) is 0 Å². The molecule has 1 aliphatic rings. The monoisotopic (exact) mass is 346 g/mol. The highest BCUT2D eigenvalue weighted by molar-refractivity contribution is 9.10. The normalized spacial score (nSPS) is 17.9. The number of hydrogen-bond acceptors (Lipinski definition) is 4. The molecule has 2 N–H and O–H groups in total. The molecule has 1 saturated heterocycles. The maximum absolute atomic E-state index is 12.9. The molecule has 0 saturated carbocycles. The summed E-state index contributed by atoms with van der Waals surface area (Å²) in [6, 6.07) is 3.65.